The van der Waals surface area contributed by atoms with Gasteiger partial charge in [0.2, 0.25) is 0 Å². The Balaban J connectivity index is 2.42. The predicted octanol–water partition coefficient (Wildman–Crippen LogP) is 2.92. The molecule has 2 N–H and O–H groups in total. The first-order valence-electron chi connectivity index (χ1n) is 4.72. The van der Waals surface area contributed by atoms with Gasteiger partial charge in [-0.2, -0.15) is 11.3 Å². The molecule has 1 aromatic heterocycles. The van der Waals surface area contributed by atoms with Crippen molar-refractivity contribution < 1.29 is 0 Å². The van der Waals surface area contributed by atoms with Crippen LogP contribution in [0, 0.1) is 0 Å². The molecule has 2 heteroatoms. The zero-order valence-electron chi connectivity index (χ0n) is 7.94. The van der Waals surface area contributed by atoms with Gasteiger partial charge in [-0.15, -0.1) is 0 Å². The average Bonchev–Trinajstić information content (AvgIpc) is 2.72. The largest absolute Gasteiger partial charge is 0.330 e. The molecule has 72 valence electrons. The Morgan fingerprint density at radius 3 is 2.71 bits per heavy atom. The topological polar surface area (TPSA) is 26.0 Å². The molecule has 0 unspecified atom stereocenters. The highest BCUT2D eigenvalue weighted by Gasteiger charge is 2.03. The van der Waals surface area contributed by atoms with Gasteiger partial charge in [0.05, 0.1) is 0 Å². The van der Waals surface area contributed by atoms with E-state index in [4.69, 9.17) is 5.73 Å². The van der Waals surface area contributed by atoms with Gasteiger partial charge in [0.25, 0.3) is 0 Å². The van der Waals surface area contributed by atoms with Crippen LogP contribution in [0.15, 0.2) is 41.1 Å². The van der Waals surface area contributed by atoms with Gasteiger partial charge in [-0.25, -0.2) is 0 Å². The molecule has 0 fully saturated rings. The zero-order chi connectivity index (χ0) is 9.80. The van der Waals surface area contributed by atoms with E-state index in [-0.39, 0.29) is 0 Å². The van der Waals surface area contributed by atoms with Crippen LogP contribution in [0.3, 0.4) is 0 Å². The summed E-state index contributed by atoms with van der Waals surface area (Å²) in [5.41, 5.74) is 9.55. The number of rotatable bonds is 3. The molecule has 0 atom stereocenters. The zero-order valence-corrected chi connectivity index (χ0v) is 8.76. The lowest BCUT2D eigenvalue weighted by molar-refractivity contribution is 0.971. The van der Waals surface area contributed by atoms with Crippen molar-refractivity contribution in [3.05, 3.63) is 46.7 Å². The molecule has 1 aromatic carbocycles. The van der Waals surface area contributed by atoms with Crippen LogP contribution in [0.5, 0.6) is 0 Å². The molecule has 1 nitrogen and oxygen atoms in total. The Hall–Kier alpha value is -1.12. The fourth-order valence-corrected chi connectivity index (χ4v) is 2.25. The second-order valence-corrected chi connectivity index (χ2v) is 3.99. The molecule has 2 aromatic rings. The molecule has 14 heavy (non-hydrogen) atoms. The molecule has 0 aliphatic rings. The summed E-state index contributed by atoms with van der Waals surface area (Å²) >= 11 is 1.73. The van der Waals surface area contributed by atoms with E-state index in [1.165, 1.54) is 16.7 Å². The number of hydrogen-bond donors (Lipinski definition) is 1. The first-order valence-corrected chi connectivity index (χ1v) is 5.66. The molecular formula is C12H13NS. The minimum absolute atomic E-state index is 0.709. The third-order valence-corrected chi connectivity index (χ3v) is 2.95. The van der Waals surface area contributed by atoms with Crippen molar-refractivity contribution in [2.75, 3.05) is 6.54 Å². The molecule has 0 saturated carbocycles. The van der Waals surface area contributed by atoms with Crippen LogP contribution < -0.4 is 5.73 Å². The Morgan fingerprint density at radius 2 is 2.00 bits per heavy atom. The maximum atomic E-state index is 5.59. The lowest BCUT2D eigenvalue weighted by Gasteiger charge is -2.06. The molecule has 0 saturated heterocycles. The fraction of sp³-hybridized carbons (Fsp3) is 0.167. The second-order valence-electron chi connectivity index (χ2n) is 3.21. The highest BCUT2D eigenvalue weighted by molar-refractivity contribution is 7.08. The molecule has 1 heterocycles. The van der Waals surface area contributed by atoms with Crippen LogP contribution in [0.25, 0.3) is 11.1 Å². The van der Waals surface area contributed by atoms with Gasteiger partial charge in [-0.3, -0.25) is 0 Å². The Kier molecular flexibility index (Phi) is 2.96. The smallest absolute Gasteiger partial charge is 0.00146 e. The van der Waals surface area contributed by atoms with Crippen molar-refractivity contribution in [1.29, 1.82) is 0 Å². The lowest BCUT2D eigenvalue weighted by atomic mass is 10.0. The van der Waals surface area contributed by atoms with E-state index < -0.39 is 0 Å². The van der Waals surface area contributed by atoms with Gasteiger partial charge in [0.1, 0.15) is 0 Å². The van der Waals surface area contributed by atoms with Crippen molar-refractivity contribution in [3.8, 4) is 11.1 Å². The summed E-state index contributed by atoms with van der Waals surface area (Å²) in [7, 11) is 0. The molecule has 0 radical (unpaired) electrons. The summed E-state index contributed by atoms with van der Waals surface area (Å²) < 4.78 is 0. The van der Waals surface area contributed by atoms with E-state index in [1.54, 1.807) is 11.3 Å². The fourth-order valence-electron chi connectivity index (χ4n) is 1.59. The summed E-state index contributed by atoms with van der Waals surface area (Å²) in [5, 5.41) is 4.28. The molecule has 0 bridgehead atoms. The third-order valence-electron chi connectivity index (χ3n) is 2.26. The molecular weight excluding hydrogens is 190 g/mol. The quantitative estimate of drug-likeness (QED) is 0.815. The van der Waals surface area contributed by atoms with Crippen LogP contribution in [0.2, 0.25) is 0 Å². The summed E-state index contributed by atoms with van der Waals surface area (Å²) in [6.45, 7) is 0.709. The minimum Gasteiger partial charge on any atom is -0.330 e. The third kappa shape index (κ3) is 1.86. The van der Waals surface area contributed by atoms with Gasteiger partial charge in [0, 0.05) is 0 Å². The first-order chi connectivity index (χ1) is 6.92. The van der Waals surface area contributed by atoms with E-state index in [9.17, 15) is 0 Å². The maximum absolute atomic E-state index is 5.59. The van der Waals surface area contributed by atoms with E-state index in [0.29, 0.717) is 6.54 Å². The van der Waals surface area contributed by atoms with E-state index >= 15 is 0 Å². The lowest BCUT2D eigenvalue weighted by Crippen LogP contribution is -2.03. The van der Waals surface area contributed by atoms with Gasteiger partial charge >= 0.3 is 0 Å². The summed E-state index contributed by atoms with van der Waals surface area (Å²) in [6, 6.07) is 10.6. The normalized spacial score (nSPS) is 10.4. The summed E-state index contributed by atoms with van der Waals surface area (Å²) in [5.74, 6) is 0. The van der Waals surface area contributed by atoms with Gasteiger partial charge < -0.3 is 5.73 Å². The second kappa shape index (κ2) is 4.40. The van der Waals surface area contributed by atoms with Crippen LogP contribution in [0.1, 0.15) is 5.56 Å². The van der Waals surface area contributed by atoms with Crippen molar-refractivity contribution in [1.82, 2.24) is 0 Å². The number of hydrogen-bond acceptors (Lipinski definition) is 2. The van der Waals surface area contributed by atoms with Crippen LogP contribution in [0.4, 0.5) is 0 Å². The van der Waals surface area contributed by atoms with Crippen molar-refractivity contribution in [2.45, 2.75) is 6.42 Å². The van der Waals surface area contributed by atoms with Crippen LogP contribution in [-0.4, -0.2) is 6.54 Å². The highest BCUT2D eigenvalue weighted by atomic mass is 32.1. The highest BCUT2D eigenvalue weighted by Crippen LogP contribution is 2.25. The number of thiophene rings is 1. The maximum Gasteiger partial charge on any atom is -0.00146 e. The van der Waals surface area contributed by atoms with E-state index in [2.05, 4.69) is 41.1 Å². The molecule has 0 amide bonds. The summed E-state index contributed by atoms with van der Waals surface area (Å²) in [6.07, 6.45) is 0.950. The van der Waals surface area contributed by atoms with E-state index in [0.717, 1.165) is 6.42 Å². The minimum atomic E-state index is 0.709. The van der Waals surface area contributed by atoms with Gasteiger partial charge in [-0.05, 0) is 46.5 Å². The standard InChI is InChI=1S/C12H13NS/c13-7-5-10-3-1-2-4-12(10)11-6-8-14-9-11/h1-4,6,8-9H,5,7,13H2. The molecule has 0 aliphatic carbocycles. The monoisotopic (exact) mass is 203 g/mol. The van der Waals surface area contributed by atoms with Gasteiger partial charge in [-0.1, -0.05) is 24.3 Å². The Labute approximate surface area is 88.2 Å². The predicted molar refractivity (Wildman–Crippen MR) is 62.5 cm³/mol. The Morgan fingerprint density at radius 1 is 1.14 bits per heavy atom. The number of nitrogens with two attached hydrogens (primary N) is 1. The van der Waals surface area contributed by atoms with E-state index in [1.807, 2.05) is 0 Å². The van der Waals surface area contributed by atoms with Crippen molar-refractivity contribution in [3.63, 3.8) is 0 Å². The van der Waals surface area contributed by atoms with Crippen LogP contribution >= 0.6 is 11.3 Å². The first kappa shape index (κ1) is 9.44. The van der Waals surface area contributed by atoms with Gasteiger partial charge in [0.15, 0.2) is 0 Å². The van der Waals surface area contributed by atoms with Crippen molar-refractivity contribution >= 4 is 11.3 Å². The summed E-state index contributed by atoms with van der Waals surface area (Å²) in [4.78, 5) is 0. The molecule has 0 aliphatic heterocycles. The average molecular weight is 203 g/mol. The van der Waals surface area contributed by atoms with Crippen molar-refractivity contribution in [2.24, 2.45) is 5.73 Å². The number of benzene rings is 1. The molecule has 0 spiro atoms. The van der Waals surface area contributed by atoms with Crippen LogP contribution in [-0.2, 0) is 6.42 Å². The Bertz CT molecular complexity index is 392. The SMILES string of the molecule is NCCc1ccccc1-c1ccsc1. The molecule has 2 rings (SSSR count).